The summed E-state index contributed by atoms with van der Waals surface area (Å²) in [5.41, 5.74) is 0.122. The topological polar surface area (TPSA) is 66.6 Å². The number of thiophene rings is 1. The second-order valence-corrected chi connectivity index (χ2v) is 6.18. The van der Waals surface area contributed by atoms with Crippen LogP contribution in [0.5, 0.6) is 0 Å². The largest absolute Gasteiger partial charge is 0.388 e. The first kappa shape index (κ1) is 13.3. The number of hydrogen-bond donors (Lipinski definition) is 1. The van der Waals surface area contributed by atoms with Gasteiger partial charge in [0.1, 0.15) is 0 Å². The molecular weight excluding hydrogens is 252 g/mol. The lowest BCUT2D eigenvalue weighted by Gasteiger charge is -2.21. The first-order valence-electron chi connectivity index (χ1n) is 6.13. The molecule has 1 aromatic heterocycles. The maximum Gasteiger partial charge on any atom is 0.304 e. The highest BCUT2D eigenvalue weighted by Gasteiger charge is 2.33. The minimum atomic E-state index is -0.655. The minimum absolute atomic E-state index is 0.122. The lowest BCUT2D eigenvalue weighted by molar-refractivity contribution is -0.383. The van der Waals surface area contributed by atoms with Crippen LogP contribution in [0.1, 0.15) is 38.2 Å². The minimum Gasteiger partial charge on any atom is -0.388 e. The first-order valence-corrected chi connectivity index (χ1v) is 6.94. The molecule has 0 amide bonds. The van der Waals surface area contributed by atoms with Crippen molar-refractivity contribution in [2.75, 3.05) is 11.4 Å². The van der Waals surface area contributed by atoms with Crippen LogP contribution in [0.4, 0.5) is 10.7 Å². The molecule has 2 heterocycles. The van der Waals surface area contributed by atoms with Gasteiger partial charge in [-0.2, -0.15) is 0 Å². The zero-order valence-corrected chi connectivity index (χ0v) is 11.6. The monoisotopic (exact) mass is 270 g/mol. The SMILES string of the molecule is CC1CC(C)N(c2sc(C(C)O)cc2[N+](=O)[O-])C1. The standard InChI is InChI=1S/C12H18N2O3S/c1-7-4-8(2)13(6-7)12-10(14(16)17)5-11(18-12)9(3)15/h5,7-9,15H,4,6H2,1-3H3. The van der Waals surface area contributed by atoms with Gasteiger partial charge in [0.05, 0.1) is 11.0 Å². The van der Waals surface area contributed by atoms with Gasteiger partial charge >= 0.3 is 5.69 Å². The summed E-state index contributed by atoms with van der Waals surface area (Å²) in [7, 11) is 0. The highest BCUT2D eigenvalue weighted by Crippen LogP contribution is 2.43. The molecule has 1 fully saturated rings. The van der Waals surface area contributed by atoms with Gasteiger partial charge in [0, 0.05) is 23.5 Å². The fourth-order valence-electron chi connectivity index (χ4n) is 2.52. The molecule has 0 saturated carbocycles. The molecule has 1 N–H and O–H groups in total. The van der Waals surface area contributed by atoms with Crippen molar-refractivity contribution in [3.05, 3.63) is 21.1 Å². The second-order valence-electron chi connectivity index (χ2n) is 5.11. The highest BCUT2D eigenvalue weighted by atomic mass is 32.1. The second kappa shape index (κ2) is 4.85. The summed E-state index contributed by atoms with van der Waals surface area (Å²) >= 11 is 1.33. The van der Waals surface area contributed by atoms with Gasteiger partial charge in [-0.25, -0.2) is 0 Å². The van der Waals surface area contributed by atoms with Crippen LogP contribution >= 0.6 is 11.3 Å². The molecule has 1 aromatic rings. The van der Waals surface area contributed by atoms with Crippen molar-refractivity contribution in [2.45, 2.75) is 39.3 Å². The lowest BCUT2D eigenvalue weighted by Crippen LogP contribution is -2.26. The van der Waals surface area contributed by atoms with E-state index in [-0.39, 0.29) is 10.6 Å². The molecule has 18 heavy (non-hydrogen) atoms. The molecule has 2 rings (SSSR count). The van der Waals surface area contributed by atoms with Crippen molar-refractivity contribution < 1.29 is 10.0 Å². The first-order chi connectivity index (χ1) is 8.40. The van der Waals surface area contributed by atoms with E-state index < -0.39 is 6.10 Å². The third-order valence-corrected chi connectivity index (χ3v) is 4.70. The van der Waals surface area contributed by atoms with Crippen molar-refractivity contribution in [3.63, 3.8) is 0 Å². The van der Waals surface area contributed by atoms with Gasteiger partial charge in [-0.1, -0.05) is 6.92 Å². The lowest BCUT2D eigenvalue weighted by atomic mass is 10.1. The van der Waals surface area contributed by atoms with E-state index in [0.29, 0.717) is 21.8 Å². The zero-order chi connectivity index (χ0) is 13.4. The van der Waals surface area contributed by atoms with E-state index in [1.165, 1.54) is 17.4 Å². The normalized spacial score (nSPS) is 25.4. The van der Waals surface area contributed by atoms with E-state index >= 15 is 0 Å². The number of anilines is 1. The summed E-state index contributed by atoms with van der Waals surface area (Å²) in [6, 6.07) is 1.82. The van der Waals surface area contributed by atoms with Crippen molar-refractivity contribution in [2.24, 2.45) is 5.92 Å². The maximum absolute atomic E-state index is 11.1. The Labute approximate surface area is 110 Å². The van der Waals surface area contributed by atoms with Crippen molar-refractivity contribution in [1.82, 2.24) is 0 Å². The summed E-state index contributed by atoms with van der Waals surface area (Å²) in [6.07, 6.45) is 0.400. The Hall–Kier alpha value is -1.14. The molecule has 0 spiro atoms. The third-order valence-electron chi connectivity index (χ3n) is 3.37. The Balaban J connectivity index is 2.39. The summed E-state index contributed by atoms with van der Waals surface area (Å²) in [6.45, 7) is 6.73. The molecule has 5 nitrogen and oxygen atoms in total. The number of rotatable bonds is 3. The van der Waals surface area contributed by atoms with E-state index in [1.54, 1.807) is 6.92 Å². The van der Waals surface area contributed by atoms with E-state index in [1.807, 2.05) is 0 Å². The highest BCUT2D eigenvalue weighted by molar-refractivity contribution is 7.16. The van der Waals surface area contributed by atoms with Crippen LogP contribution in [0.15, 0.2) is 6.07 Å². The molecule has 1 saturated heterocycles. The van der Waals surface area contributed by atoms with Crippen LogP contribution in [0.3, 0.4) is 0 Å². The number of aliphatic hydroxyl groups is 1. The van der Waals surface area contributed by atoms with Gasteiger partial charge < -0.3 is 10.0 Å². The van der Waals surface area contributed by atoms with Gasteiger partial charge in [-0.05, 0) is 26.2 Å². The van der Waals surface area contributed by atoms with E-state index in [4.69, 9.17) is 0 Å². The summed E-state index contributed by atoms with van der Waals surface area (Å²) in [5.74, 6) is 0.553. The van der Waals surface area contributed by atoms with Crippen molar-refractivity contribution >= 4 is 22.0 Å². The van der Waals surface area contributed by atoms with Gasteiger partial charge in [0.2, 0.25) is 0 Å². The molecule has 6 heteroatoms. The Morgan fingerprint density at radius 2 is 2.28 bits per heavy atom. The van der Waals surface area contributed by atoms with Crippen LogP contribution in [0, 0.1) is 16.0 Å². The fourth-order valence-corrected chi connectivity index (χ4v) is 3.69. The summed E-state index contributed by atoms with van der Waals surface area (Å²) in [4.78, 5) is 13.5. The Morgan fingerprint density at radius 1 is 1.61 bits per heavy atom. The van der Waals surface area contributed by atoms with E-state index in [9.17, 15) is 15.2 Å². The molecule has 0 aliphatic carbocycles. The number of nitro groups is 1. The molecule has 0 aromatic carbocycles. The van der Waals surface area contributed by atoms with Gasteiger partial charge in [0.15, 0.2) is 5.00 Å². The van der Waals surface area contributed by atoms with Crippen LogP contribution in [0.25, 0.3) is 0 Å². The van der Waals surface area contributed by atoms with Crippen molar-refractivity contribution in [1.29, 1.82) is 0 Å². The van der Waals surface area contributed by atoms with Crippen LogP contribution < -0.4 is 4.90 Å². The number of hydrogen-bond acceptors (Lipinski definition) is 5. The molecular formula is C12H18N2O3S. The summed E-state index contributed by atoms with van der Waals surface area (Å²) in [5, 5.41) is 21.4. The Kier molecular flexibility index (Phi) is 3.59. The van der Waals surface area contributed by atoms with Gasteiger partial charge in [0.25, 0.3) is 0 Å². The quantitative estimate of drug-likeness (QED) is 0.677. The van der Waals surface area contributed by atoms with Crippen LogP contribution in [-0.4, -0.2) is 22.6 Å². The molecule has 0 bridgehead atoms. The van der Waals surface area contributed by atoms with Crippen LogP contribution in [-0.2, 0) is 0 Å². The van der Waals surface area contributed by atoms with Crippen LogP contribution in [0.2, 0.25) is 0 Å². The van der Waals surface area contributed by atoms with E-state index in [0.717, 1.165) is 13.0 Å². The zero-order valence-electron chi connectivity index (χ0n) is 10.8. The molecule has 1 aliphatic heterocycles. The average Bonchev–Trinajstić information content (AvgIpc) is 2.81. The molecule has 3 unspecified atom stereocenters. The van der Waals surface area contributed by atoms with Gasteiger partial charge in [-0.15, -0.1) is 11.3 Å². The smallest absolute Gasteiger partial charge is 0.304 e. The molecule has 100 valence electrons. The van der Waals surface area contributed by atoms with E-state index in [2.05, 4.69) is 18.7 Å². The number of aliphatic hydroxyl groups excluding tert-OH is 1. The fraction of sp³-hybridized carbons (Fsp3) is 0.667. The molecule has 1 aliphatic rings. The Morgan fingerprint density at radius 3 is 2.72 bits per heavy atom. The predicted octanol–water partition coefficient (Wildman–Crippen LogP) is 2.94. The van der Waals surface area contributed by atoms with Crippen molar-refractivity contribution in [3.8, 4) is 0 Å². The predicted molar refractivity (Wildman–Crippen MR) is 72.2 cm³/mol. The summed E-state index contributed by atoms with van der Waals surface area (Å²) < 4.78 is 0. The van der Waals surface area contributed by atoms with Gasteiger partial charge in [-0.3, -0.25) is 10.1 Å². The molecule has 0 radical (unpaired) electrons. The average molecular weight is 270 g/mol. The Bertz CT molecular complexity index is 458. The molecule has 3 atom stereocenters. The number of nitrogens with zero attached hydrogens (tertiary/aromatic N) is 2. The maximum atomic E-state index is 11.1. The third kappa shape index (κ3) is 2.35.